The molecule has 248 valence electrons. The van der Waals surface area contributed by atoms with Crippen molar-refractivity contribution in [2.45, 2.75) is 147 Å². The fourth-order valence-corrected chi connectivity index (χ4v) is 6.56. The van der Waals surface area contributed by atoms with Gasteiger partial charge in [0, 0.05) is 37.3 Å². The predicted octanol–water partition coefficient (Wildman–Crippen LogP) is 6.46. The minimum absolute atomic E-state index is 0. The maximum absolute atomic E-state index is 13.0. The molecule has 0 saturated carbocycles. The first-order valence-electron chi connectivity index (χ1n) is 15.5. The molecule has 8 heteroatoms. The van der Waals surface area contributed by atoms with Crippen LogP contribution in [0.5, 0.6) is 5.75 Å². The summed E-state index contributed by atoms with van der Waals surface area (Å²) in [4.78, 5) is 14.1. The van der Waals surface area contributed by atoms with E-state index in [0.717, 1.165) is 22.4 Å². The first kappa shape index (κ1) is 42.2. The van der Waals surface area contributed by atoms with Crippen LogP contribution in [0.15, 0.2) is 35.2 Å². The molecule has 0 aromatic heterocycles. The van der Waals surface area contributed by atoms with E-state index >= 15 is 0 Å². The van der Waals surface area contributed by atoms with Gasteiger partial charge >= 0.3 is 35.5 Å². The molecule has 0 bridgehead atoms. The monoisotopic (exact) mass is 668 g/mol. The molecular formula is C37H57NaO5S2. The van der Waals surface area contributed by atoms with Crippen LogP contribution in [0.3, 0.4) is 0 Å². The smallest absolute Gasteiger partial charge is 0.757 e. The van der Waals surface area contributed by atoms with Crippen LogP contribution in [0.4, 0.5) is 0 Å². The third-order valence-electron chi connectivity index (χ3n) is 7.43. The van der Waals surface area contributed by atoms with Gasteiger partial charge in [-0.25, -0.2) is 0 Å². The Balaban J connectivity index is 0.0000101. The fourth-order valence-electron chi connectivity index (χ4n) is 4.96. The third-order valence-corrected chi connectivity index (χ3v) is 9.13. The zero-order valence-electron chi connectivity index (χ0n) is 30.8. The summed E-state index contributed by atoms with van der Waals surface area (Å²) < 4.78 is 33.0. The van der Waals surface area contributed by atoms with Crippen LogP contribution in [0.2, 0.25) is 0 Å². The second-order valence-corrected chi connectivity index (χ2v) is 19.9. The number of carbonyl (C=O) groups is 1. The standard InChI is InChI=1S/C37H58O5S2.Na/c1-33(2,3)26-19-25(20-27(21-26)34(4,5)6)24-37(13,14)43-28-22-29(35(7,8)9)32(30(23-28)36(10,11)12)42-31(38)17-16-18-41-44(15,39)40;/h19-23H,15-18,24H2,1-14H3,(H,39,40);/q;+1/p-1. The fraction of sp³-hybridized carbons (Fsp3) is 0.622. The van der Waals surface area contributed by atoms with Crippen molar-refractivity contribution in [3.05, 3.63) is 58.1 Å². The number of thioether (sulfide) groups is 1. The Morgan fingerprint density at radius 3 is 1.60 bits per heavy atom. The third kappa shape index (κ3) is 13.7. The van der Waals surface area contributed by atoms with Gasteiger partial charge in [0.1, 0.15) is 5.75 Å². The molecule has 1 atom stereocenters. The molecule has 2 aromatic carbocycles. The molecule has 0 aliphatic carbocycles. The number of rotatable bonds is 10. The number of ether oxygens (including phenoxy) is 1. The summed E-state index contributed by atoms with van der Waals surface area (Å²) in [5, 5.41) is 0. The number of carbonyl (C=O) groups excluding carboxylic acids is 1. The van der Waals surface area contributed by atoms with Crippen molar-refractivity contribution in [1.82, 2.24) is 0 Å². The molecule has 0 fully saturated rings. The van der Waals surface area contributed by atoms with E-state index in [1.807, 2.05) is 11.8 Å². The summed E-state index contributed by atoms with van der Waals surface area (Å²) in [6, 6.07) is 11.5. The molecular weight excluding hydrogens is 612 g/mol. The van der Waals surface area contributed by atoms with Crippen LogP contribution in [-0.2, 0) is 47.1 Å². The van der Waals surface area contributed by atoms with E-state index in [2.05, 4.69) is 137 Å². The Hall–Kier alpha value is -0.800. The average molecular weight is 669 g/mol. The molecule has 0 saturated heterocycles. The first-order chi connectivity index (χ1) is 19.6. The molecule has 0 spiro atoms. The van der Waals surface area contributed by atoms with Crippen molar-refractivity contribution in [2.24, 2.45) is 0 Å². The molecule has 0 N–H and O–H groups in total. The van der Waals surface area contributed by atoms with Gasteiger partial charge in [-0.1, -0.05) is 115 Å². The normalized spacial score (nSPS) is 14.5. The van der Waals surface area contributed by atoms with Gasteiger partial charge in [-0.15, -0.1) is 11.8 Å². The van der Waals surface area contributed by atoms with Crippen LogP contribution in [-0.4, -0.2) is 32.0 Å². The Bertz CT molecular complexity index is 1360. The van der Waals surface area contributed by atoms with Crippen LogP contribution < -0.4 is 34.3 Å². The molecule has 2 aromatic rings. The van der Waals surface area contributed by atoms with Gasteiger partial charge in [0.15, 0.2) is 0 Å². The molecule has 2 rings (SSSR count). The molecule has 0 aliphatic heterocycles. The summed E-state index contributed by atoms with van der Waals surface area (Å²) in [6.07, 6.45) is 1.16. The van der Waals surface area contributed by atoms with Crippen molar-refractivity contribution < 1.29 is 52.0 Å². The minimum Gasteiger partial charge on any atom is -0.757 e. The van der Waals surface area contributed by atoms with Crippen LogP contribution in [0.1, 0.15) is 138 Å². The van der Waals surface area contributed by atoms with Gasteiger partial charge in [-0.05, 0) is 69.2 Å². The zero-order chi connectivity index (χ0) is 34.1. The predicted molar refractivity (Wildman–Crippen MR) is 188 cm³/mol. The topological polar surface area (TPSA) is 75.7 Å². The maximum atomic E-state index is 13.0. The first-order valence-corrected chi connectivity index (χ1v) is 17.9. The number of hydrogen-bond acceptors (Lipinski definition) is 6. The van der Waals surface area contributed by atoms with Gasteiger partial charge in [0.2, 0.25) is 0 Å². The quantitative estimate of drug-likeness (QED) is 0.0723. The Morgan fingerprint density at radius 2 is 1.22 bits per heavy atom. The van der Waals surface area contributed by atoms with Crippen LogP contribution in [0.25, 0.3) is 0 Å². The second-order valence-electron chi connectivity index (χ2n) is 16.8. The molecule has 0 radical (unpaired) electrons. The molecule has 0 amide bonds. The summed E-state index contributed by atoms with van der Waals surface area (Å²) >= 11 is 1.85. The zero-order valence-corrected chi connectivity index (χ0v) is 34.4. The van der Waals surface area contributed by atoms with Gasteiger partial charge < -0.3 is 13.5 Å². The summed E-state index contributed by atoms with van der Waals surface area (Å²) in [5.74, 6) is 3.12. The molecule has 1 unspecified atom stereocenters. The Kier molecular flexibility index (Phi) is 14.2. The van der Waals surface area contributed by atoms with E-state index in [1.54, 1.807) is 0 Å². The number of benzene rings is 2. The van der Waals surface area contributed by atoms with E-state index < -0.39 is 16.1 Å². The van der Waals surface area contributed by atoms with Gasteiger partial charge in [0.05, 0.1) is 6.61 Å². The number of hydrogen-bond donors (Lipinski definition) is 0. The van der Waals surface area contributed by atoms with E-state index in [4.69, 9.17) is 4.74 Å². The van der Waals surface area contributed by atoms with Crippen molar-refractivity contribution in [3.8, 4) is 5.75 Å². The van der Waals surface area contributed by atoms with Crippen molar-refractivity contribution in [1.29, 1.82) is 0 Å². The maximum Gasteiger partial charge on any atom is 1.00 e. The molecule has 45 heavy (non-hydrogen) atoms. The van der Waals surface area contributed by atoms with E-state index in [1.165, 1.54) is 16.7 Å². The van der Waals surface area contributed by atoms with E-state index in [0.29, 0.717) is 5.75 Å². The van der Waals surface area contributed by atoms with Crippen LogP contribution >= 0.6 is 11.8 Å². The number of esters is 1. The van der Waals surface area contributed by atoms with Crippen LogP contribution in [0, 0.1) is 0 Å². The van der Waals surface area contributed by atoms with E-state index in [9.17, 15) is 13.6 Å². The van der Waals surface area contributed by atoms with E-state index in [-0.39, 0.29) is 75.4 Å². The van der Waals surface area contributed by atoms with Gasteiger partial charge in [-0.2, -0.15) is 0 Å². The average Bonchev–Trinajstić information content (AvgIpc) is 2.78. The molecule has 5 nitrogen and oxygen atoms in total. The summed E-state index contributed by atoms with van der Waals surface area (Å²) in [5.41, 5.74) is 5.54. The Labute approximate surface area is 301 Å². The SMILES string of the molecule is C=S(=O)([O-])OCCCC(=O)Oc1c(C(C)(C)C)cc(SC(C)(C)Cc2cc(C(C)(C)C)cc(C(C)(C)C)c2)cc1C(C)(C)C.[Na+]. The van der Waals surface area contributed by atoms with Gasteiger partial charge in [0.25, 0.3) is 0 Å². The summed E-state index contributed by atoms with van der Waals surface area (Å²) in [6.45, 7) is 30.9. The molecule has 0 heterocycles. The minimum atomic E-state index is -3.80. The van der Waals surface area contributed by atoms with Gasteiger partial charge in [-0.3, -0.25) is 9.00 Å². The Morgan fingerprint density at radius 1 is 0.778 bits per heavy atom. The van der Waals surface area contributed by atoms with Crippen molar-refractivity contribution in [3.63, 3.8) is 0 Å². The largest absolute Gasteiger partial charge is 1.00 e. The molecule has 0 aliphatic rings. The summed E-state index contributed by atoms with van der Waals surface area (Å²) in [7, 11) is -3.80. The second kappa shape index (κ2) is 15.2. The van der Waals surface area contributed by atoms with Crippen molar-refractivity contribution >= 4 is 33.7 Å². The van der Waals surface area contributed by atoms with Crippen molar-refractivity contribution in [2.75, 3.05) is 6.61 Å².